The second-order valence-electron chi connectivity index (χ2n) is 5.89. The summed E-state index contributed by atoms with van der Waals surface area (Å²) in [5, 5.41) is 7.95. The summed E-state index contributed by atoms with van der Waals surface area (Å²) in [6.45, 7) is 8.25. The van der Waals surface area contributed by atoms with Gasteiger partial charge in [0.1, 0.15) is 0 Å². The zero-order valence-corrected chi connectivity index (χ0v) is 14.9. The van der Waals surface area contributed by atoms with E-state index >= 15 is 0 Å². The van der Waals surface area contributed by atoms with Gasteiger partial charge in [-0.05, 0) is 61.2 Å². The number of hydrogen-bond acceptors (Lipinski definition) is 4. The highest BCUT2D eigenvalue weighted by Crippen LogP contribution is 2.24. The average Bonchev–Trinajstić information content (AvgIpc) is 2.72. The Bertz CT molecular complexity index is 441. The van der Waals surface area contributed by atoms with Crippen molar-refractivity contribution in [3.05, 3.63) is 15.9 Å². The first kappa shape index (κ1) is 16.9. The van der Waals surface area contributed by atoms with Crippen molar-refractivity contribution in [1.29, 1.82) is 0 Å². The fourth-order valence-electron chi connectivity index (χ4n) is 2.89. The highest BCUT2D eigenvalue weighted by molar-refractivity contribution is 9.10. The Morgan fingerprint density at radius 1 is 1.38 bits per heavy atom. The standard InChI is InChI=1S/C15H27BrN4O/c1-12-15(16)14(19(2)18-12)11-20-7-4-13(5-8-20)10-17-6-9-21-3/h13,17H,4-11H2,1-3H3. The summed E-state index contributed by atoms with van der Waals surface area (Å²) in [6, 6.07) is 0. The Morgan fingerprint density at radius 2 is 2.10 bits per heavy atom. The molecule has 0 radical (unpaired) electrons. The number of aromatic nitrogens is 2. The molecule has 0 unspecified atom stereocenters. The Kier molecular flexibility index (Phi) is 6.67. The van der Waals surface area contributed by atoms with Crippen LogP contribution < -0.4 is 5.32 Å². The minimum Gasteiger partial charge on any atom is -0.383 e. The van der Waals surface area contributed by atoms with E-state index in [-0.39, 0.29) is 0 Å². The van der Waals surface area contributed by atoms with Crippen molar-refractivity contribution in [2.75, 3.05) is 39.9 Å². The molecular weight excluding hydrogens is 332 g/mol. The number of nitrogens with zero attached hydrogens (tertiary/aromatic N) is 3. The SMILES string of the molecule is COCCNCC1CCN(Cc2c(Br)c(C)nn2C)CC1. The third kappa shape index (κ3) is 4.77. The molecule has 2 heterocycles. The van der Waals surface area contributed by atoms with Gasteiger partial charge in [-0.3, -0.25) is 9.58 Å². The number of ether oxygens (including phenoxy) is 1. The molecule has 1 aliphatic heterocycles. The van der Waals surface area contributed by atoms with Gasteiger partial charge in [0.15, 0.2) is 0 Å². The maximum absolute atomic E-state index is 5.06. The molecule has 1 aromatic rings. The summed E-state index contributed by atoms with van der Waals surface area (Å²) in [7, 11) is 3.78. The summed E-state index contributed by atoms with van der Waals surface area (Å²) in [6.07, 6.45) is 2.54. The lowest BCUT2D eigenvalue weighted by molar-refractivity contribution is 0.165. The molecule has 1 N–H and O–H groups in total. The summed E-state index contributed by atoms with van der Waals surface area (Å²) < 4.78 is 8.21. The van der Waals surface area contributed by atoms with E-state index < -0.39 is 0 Å². The summed E-state index contributed by atoms with van der Waals surface area (Å²) in [5.41, 5.74) is 2.36. The predicted octanol–water partition coefficient (Wildman–Crippen LogP) is 1.94. The van der Waals surface area contributed by atoms with Crippen molar-refractivity contribution >= 4 is 15.9 Å². The fourth-order valence-corrected chi connectivity index (χ4v) is 3.35. The number of likely N-dealkylation sites (tertiary alicyclic amines) is 1. The van der Waals surface area contributed by atoms with Crippen LogP contribution >= 0.6 is 15.9 Å². The molecule has 1 saturated heterocycles. The number of methoxy groups -OCH3 is 1. The summed E-state index contributed by atoms with van der Waals surface area (Å²) in [4.78, 5) is 2.53. The summed E-state index contributed by atoms with van der Waals surface area (Å²) in [5.74, 6) is 0.801. The first-order chi connectivity index (χ1) is 10.1. The maximum atomic E-state index is 5.06. The van der Waals surface area contributed by atoms with Gasteiger partial charge >= 0.3 is 0 Å². The molecule has 5 nitrogen and oxygen atoms in total. The summed E-state index contributed by atoms with van der Waals surface area (Å²) >= 11 is 3.66. The zero-order valence-electron chi connectivity index (χ0n) is 13.4. The molecule has 0 spiro atoms. The van der Waals surface area contributed by atoms with Gasteiger partial charge in [0, 0.05) is 27.2 Å². The van der Waals surface area contributed by atoms with Crippen molar-refractivity contribution in [2.24, 2.45) is 13.0 Å². The smallest absolute Gasteiger partial charge is 0.0739 e. The number of piperidine rings is 1. The van der Waals surface area contributed by atoms with Gasteiger partial charge in [-0.15, -0.1) is 0 Å². The predicted molar refractivity (Wildman–Crippen MR) is 88.4 cm³/mol. The van der Waals surface area contributed by atoms with Crippen molar-refractivity contribution in [2.45, 2.75) is 26.3 Å². The van der Waals surface area contributed by atoms with Gasteiger partial charge in [-0.1, -0.05) is 0 Å². The van der Waals surface area contributed by atoms with E-state index in [1.807, 2.05) is 18.7 Å². The topological polar surface area (TPSA) is 42.3 Å². The first-order valence-corrected chi connectivity index (χ1v) is 8.51. The molecular formula is C15H27BrN4O. The van der Waals surface area contributed by atoms with Gasteiger partial charge < -0.3 is 10.1 Å². The molecule has 120 valence electrons. The van der Waals surface area contributed by atoms with Crippen LogP contribution in [0.25, 0.3) is 0 Å². The maximum Gasteiger partial charge on any atom is 0.0739 e. The molecule has 1 fully saturated rings. The monoisotopic (exact) mass is 358 g/mol. The van der Waals surface area contributed by atoms with E-state index in [0.29, 0.717) is 0 Å². The number of aryl methyl sites for hydroxylation is 2. The van der Waals surface area contributed by atoms with Gasteiger partial charge in [-0.25, -0.2) is 0 Å². The molecule has 0 aliphatic carbocycles. The lowest BCUT2D eigenvalue weighted by Gasteiger charge is -2.32. The van der Waals surface area contributed by atoms with Gasteiger partial charge in [0.05, 0.1) is 22.5 Å². The normalized spacial score (nSPS) is 17.5. The van der Waals surface area contributed by atoms with Crippen LogP contribution in [0.5, 0.6) is 0 Å². The lowest BCUT2D eigenvalue weighted by Crippen LogP contribution is -2.37. The highest BCUT2D eigenvalue weighted by Gasteiger charge is 2.21. The molecule has 1 aromatic heterocycles. The minimum absolute atomic E-state index is 0.798. The van der Waals surface area contributed by atoms with Crippen LogP contribution in [0.15, 0.2) is 4.47 Å². The third-order valence-electron chi connectivity index (χ3n) is 4.26. The largest absolute Gasteiger partial charge is 0.383 e. The second-order valence-corrected chi connectivity index (χ2v) is 6.68. The molecule has 2 rings (SSSR count). The molecule has 21 heavy (non-hydrogen) atoms. The van der Waals surface area contributed by atoms with Gasteiger partial charge in [-0.2, -0.15) is 5.10 Å². The molecule has 0 bridgehead atoms. The quantitative estimate of drug-likeness (QED) is 0.756. The highest BCUT2D eigenvalue weighted by atomic mass is 79.9. The molecule has 6 heteroatoms. The van der Waals surface area contributed by atoms with E-state index in [4.69, 9.17) is 4.74 Å². The second kappa shape index (κ2) is 8.27. The molecule has 0 atom stereocenters. The van der Waals surface area contributed by atoms with Crippen molar-refractivity contribution < 1.29 is 4.74 Å². The van der Waals surface area contributed by atoms with Crippen LogP contribution in [0.1, 0.15) is 24.2 Å². The van der Waals surface area contributed by atoms with Crippen LogP contribution in [0, 0.1) is 12.8 Å². The van der Waals surface area contributed by atoms with Crippen molar-refractivity contribution in [1.82, 2.24) is 20.0 Å². The molecule has 0 aromatic carbocycles. The van der Waals surface area contributed by atoms with Crippen LogP contribution in [0.2, 0.25) is 0 Å². The Hall–Kier alpha value is -0.430. The van der Waals surface area contributed by atoms with Crippen LogP contribution in [0.3, 0.4) is 0 Å². The van der Waals surface area contributed by atoms with Gasteiger partial charge in [0.2, 0.25) is 0 Å². The van der Waals surface area contributed by atoms with E-state index in [9.17, 15) is 0 Å². The van der Waals surface area contributed by atoms with E-state index in [1.54, 1.807) is 7.11 Å². The molecule has 0 saturated carbocycles. The van der Waals surface area contributed by atoms with Crippen LogP contribution in [0.4, 0.5) is 0 Å². The molecule has 0 amide bonds. The number of hydrogen-bond donors (Lipinski definition) is 1. The van der Waals surface area contributed by atoms with E-state index in [2.05, 4.69) is 31.2 Å². The Balaban J connectivity index is 1.74. The van der Waals surface area contributed by atoms with Crippen LogP contribution in [-0.2, 0) is 18.3 Å². The Labute approximate surface area is 136 Å². The average molecular weight is 359 g/mol. The number of nitrogens with one attached hydrogen (secondary N) is 1. The third-order valence-corrected chi connectivity index (χ3v) is 5.29. The fraction of sp³-hybridized carbons (Fsp3) is 0.800. The number of rotatable bonds is 7. The minimum atomic E-state index is 0.798. The number of halogens is 1. The van der Waals surface area contributed by atoms with E-state index in [0.717, 1.165) is 42.3 Å². The van der Waals surface area contributed by atoms with Gasteiger partial charge in [0.25, 0.3) is 0 Å². The Morgan fingerprint density at radius 3 is 2.67 bits per heavy atom. The molecule has 1 aliphatic rings. The van der Waals surface area contributed by atoms with Crippen molar-refractivity contribution in [3.63, 3.8) is 0 Å². The van der Waals surface area contributed by atoms with Crippen LogP contribution in [-0.4, -0.2) is 54.6 Å². The van der Waals surface area contributed by atoms with Crippen molar-refractivity contribution in [3.8, 4) is 0 Å². The zero-order chi connectivity index (χ0) is 15.2. The lowest BCUT2D eigenvalue weighted by atomic mass is 9.96. The first-order valence-electron chi connectivity index (χ1n) is 7.71. The van der Waals surface area contributed by atoms with E-state index in [1.165, 1.54) is 31.6 Å².